The molecule has 0 unspecified atom stereocenters. The number of aromatic nitrogens is 5. The fourth-order valence-corrected chi connectivity index (χ4v) is 2.55. The topological polar surface area (TPSA) is 82.5 Å². The van der Waals surface area contributed by atoms with Crippen LogP contribution in [0.25, 0.3) is 11.2 Å². The van der Waals surface area contributed by atoms with E-state index < -0.39 is 12.0 Å². The molecule has 0 radical (unpaired) electrons. The van der Waals surface area contributed by atoms with Gasteiger partial charge in [-0.25, -0.2) is 14.6 Å². The molecule has 6 nitrogen and oxygen atoms in total. The quantitative estimate of drug-likeness (QED) is 0.870. The highest BCUT2D eigenvalue weighted by molar-refractivity contribution is 5.80. The van der Waals surface area contributed by atoms with E-state index in [0.29, 0.717) is 0 Å². The lowest BCUT2D eigenvalue weighted by molar-refractivity contribution is -0.144. The summed E-state index contributed by atoms with van der Waals surface area (Å²) in [6.45, 7) is 0. The van der Waals surface area contributed by atoms with Gasteiger partial charge in [0.15, 0.2) is 17.0 Å². The third-order valence-corrected chi connectivity index (χ3v) is 3.52. The fraction of sp³-hybridized carbons (Fsp3) is 0.636. The van der Waals surface area contributed by atoms with Gasteiger partial charge in [0.25, 0.3) is 0 Å². The normalized spacial score (nSPS) is 17.8. The monoisotopic (exact) mass is 286 g/mol. The van der Waals surface area contributed by atoms with Crippen molar-refractivity contribution in [3.63, 3.8) is 0 Å². The number of halogens is 3. The minimum Gasteiger partial charge on any atom is -0.382 e. The van der Waals surface area contributed by atoms with Crippen molar-refractivity contribution in [2.75, 3.05) is 5.73 Å². The molecule has 0 aliphatic heterocycles. The molecule has 20 heavy (non-hydrogen) atoms. The Morgan fingerprint density at radius 3 is 2.45 bits per heavy atom. The number of anilines is 1. The third kappa shape index (κ3) is 2.16. The molecule has 0 aromatic carbocycles. The fourth-order valence-electron chi connectivity index (χ4n) is 2.55. The first-order valence-corrected chi connectivity index (χ1v) is 6.42. The van der Waals surface area contributed by atoms with Crippen LogP contribution in [0.3, 0.4) is 0 Å². The molecule has 0 bridgehead atoms. The molecule has 1 aliphatic carbocycles. The molecule has 1 saturated carbocycles. The van der Waals surface area contributed by atoms with Gasteiger partial charge in [-0.3, -0.25) is 0 Å². The highest BCUT2D eigenvalue weighted by Crippen LogP contribution is 2.32. The second-order valence-electron chi connectivity index (χ2n) is 4.93. The van der Waals surface area contributed by atoms with Gasteiger partial charge in [0.05, 0.1) is 6.04 Å². The highest BCUT2D eigenvalue weighted by atomic mass is 19.4. The van der Waals surface area contributed by atoms with Crippen LogP contribution in [0.5, 0.6) is 0 Å². The lowest BCUT2D eigenvalue weighted by atomic mass is 9.96. The molecular formula is C11H13F3N6. The SMILES string of the molecule is Nc1nc(C(F)(F)F)nc2c1nnn2C1CCCCC1. The Labute approximate surface area is 112 Å². The average Bonchev–Trinajstić information content (AvgIpc) is 2.83. The number of nitrogens with two attached hydrogens (primary N) is 1. The summed E-state index contributed by atoms with van der Waals surface area (Å²) >= 11 is 0. The predicted molar refractivity (Wildman–Crippen MR) is 64.7 cm³/mol. The van der Waals surface area contributed by atoms with E-state index in [1.54, 1.807) is 0 Å². The molecule has 1 fully saturated rings. The van der Waals surface area contributed by atoms with Gasteiger partial charge < -0.3 is 5.73 Å². The molecule has 0 atom stereocenters. The van der Waals surface area contributed by atoms with Crippen LogP contribution in [-0.4, -0.2) is 25.0 Å². The number of rotatable bonds is 1. The van der Waals surface area contributed by atoms with E-state index in [2.05, 4.69) is 20.3 Å². The summed E-state index contributed by atoms with van der Waals surface area (Å²) < 4.78 is 39.7. The lowest BCUT2D eigenvalue weighted by Crippen LogP contribution is -2.17. The molecule has 2 aromatic rings. The molecular weight excluding hydrogens is 273 g/mol. The van der Waals surface area contributed by atoms with Crippen LogP contribution < -0.4 is 5.73 Å². The summed E-state index contributed by atoms with van der Waals surface area (Å²) in [5.41, 5.74) is 5.72. The lowest BCUT2D eigenvalue weighted by Gasteiger charge is -2.21. The molecule has 2 aromatic heterocycles. The number of nitrogens with zero attached hydrogens (tertiary/aromatic N) is 5. The number of nitrogen functional groups attached to an aromatic ring is 1. The highest BCUT2D eigenvalue weighted by Gasteiger charge is 2.36. The van der Waals surface area contributed by atoms with Crippen molar-refractivity contribution in [3.05, 3.63) is 5.82 Å². The average molecular weight is 286 g/mol. The van der Waals surface area contributed by atoms with Crippen molar-refractivity contribution >= 4 is 17.0 Å². The van der Waals surface area contributed by atoms with Gasteiger partial charge in [-0.2, -0.15) is 13.2 Å². The van der Waals surface area contributed by atoms with Gasteiger partial charge in [-0.05, 0) is 12.8 Å². The van der Waals surface area contributed by atoms with Gasteiger partial charge in [-0.15, -0.1) is 5.10 Å². The van der Waals surface area contributed by atoms with Crippen LogP contribution in [0.4, 0.5) is 19.0 Å². The minimum atomic E-state index is -4.63. The number of hydrogen-bond acceptors (Lipinski definition) is 5. The first-order valence-electron chi connectivity index (χ1n) is 6.42. The Hall–Kier alpha value is -1.93. The molecule has 0 saturated heterocycles. The zero-order chi connectivity index (χ0) is 14.3. The van der Waals surface area contributed by atoms with Crippen molar-refractivity contribution in [1.29, 1.82) is 0 Å². The molecule has 0 amide bonds. The maximum Gasteiger partial charge on any atom is 0.451 e. The Balaban J connectivity index is 2.12. The third-order valence-electron chi connectivity index (χ3n) is 3.52. The van der Waals surface area contributed by atoms with Gasteiger partial charge in [-0.1, -0.05) is 24.5 Å². The Morgan fingerprint density at radius 2 is 1.80 bits per heavy atom. The minimum absolute atomic E-state index is 0.0316. The second kappa shape index (κ2) is 4.57. The molecule has 9 heteroatoms. The van der Waals surface area contributed by atoms with E-state index in [9.17, 15) is 13.2 Å². The van der Waals surface area contributed by atoms with Gasteiger partial charge in [0.2, 0.25) is 5.82 Å². The second-order valence-corrected chi connectivity index (χ2v) is 4.93. The maximum absolute atomic E-state index is 12.7. The number of fused-ring (bicyclic) bond motifs is 1. The van der Waals surface area contributed by atoms with Crippen LogP contribution in [0, 0.1) is 0 Å². The number of alkyl halides is 3. The van der Waals surface area contributed by atoms with Gasteiger partial charge in [0.1, 0.15) is 0 Å². The standard InChI is InChI=1S/C11H13F3N6/c12-11(13,14)10-16-8(15)7-9(17-10)20(19-18-7)6-4-2-1-3-5-6/h6H,1-5H2,(H2,15,16,17). The van der Waals surface area contributed by atoms with E-state index in [4.69, 9.17) is 5.73 Å². The van der Waals surface area contributed by atoms with E-state index in [0.717, 1.165) is 32.1 Å². The first kappa shape index (κ1) is 13.1. The van der Waals surface area contributed by atoms with Crippen LogP contribution in [0.1, 0.15) is 44.0 Å². The molecule has 3 rings (SSSR count). The largest absolute Gasteiger partial charge is 0.451 e. The van der Waals surface area contributed by atoms with Crippen molar-refractivity contribution in [2.45, 2.75) is 44.3 Å². The summed E-state index contributed by atoms with van der Waals surface area (Å²) in [6.07, 6.45) is 0.281. The molecule has 108 valence electrons. The van der Waals surface area contributed by atoms with Crippen LogP contribution in [0.15, 0.2) is 0 Å². The molecule has 2 N–H and O–H groups in total. The Morgan fingerprint density at radius 1 is 1.10 bits per heavy atom. The Bertz CT molecular complexity index is 629. The smallest absolute Gasteiger partial charge is 0.382 e. The van der Waals surface area contributed by atoms with E-state index in [1.165, 1.54) is 4.68 Å². The predicted octanol–water partition coefficient (Wildman–Crippen LogP) is 2.33. The van der Waals surface area contributed by atoms with Crippen molar-refractivity contribution in [2.24, 2.45) is 0 Å². The summed E-state index contributed by atoms with van der Waals surface area (Å²) in [6, 6.07) is 0.0316. The summed E-state index contributed by atoms with van der Waals surface area (Å²) in [5, 5.41) is 7.73. The summed E-state index contributed by atoms with van der Waals surface area (Å²) in [7, 11) is 0. The van der Waals surface area contributed by atoms with Crippen molar-refractivity contribution in [1.82, 2.24) is 25.0 Å². The van der Waals surface area contributed by atoms with Crippen molar-refractivity contribution in [3.8, 4) is 0 Å². The van der Waals surface area contributed by atoms with Gasteiger partial charge in [0, 0.05) is 0 Å². The first-order chi connectivity index (χ1) is 9.47. The van der Waals surface area contributed by atoms with E-state index in [1.807, 2.05) is 0 Å². The molecule has 2 heterocycles. The molecule has 0 spiro atoms. The molecule has 1 aliphatic rings. The van der Waals surface area contributed by atoms with E-state index in [-0.39, 0.29) is 23.0 Å². The summed E-state index contributed by atoms with van der Waals surface area (Å²) in [5.74, 6) is -1.54. The van der Waals surface area contributed by atoms with E-state index >= 15 is 0 Å². The van der Waals surface area contributed by atoms with Crippen LogP contribution in [0.2, 0.25) is 0 Å². The summed E-state index contributed by atoms with van der Waals surface area (Å²) in [4.78, 5) is 6.82. The Kier molecular flexibility index (Phi) is 2.98. The van der Waals surface area contributed by atoms with Gasteiger partial charge >= 0.3 is 6.18 Å². The van der Waals surface area contributed by atoms with Crippen molar-refractivity contribution < 1.29 is 13.2 Å². The maximum atomic E-state index is 12.7. The number of hydrogen-bond donors (Lipinski definition) is 1. The zero-order valence-electron chi connectivity index (χ0n) is 10.6. The van der Waals surface area contributed by atoms with Crippen LogP contribution in [-0.2, 0) is 6.18 Å². The zero-order valence-corrected chi connectivity index (χ0v) is 10.6. The van der Waals surface area contributed by atoms with Crippen LogP contribution >= 0.6 is 0 Å².